The number of hydrogen-bond acceptors (Lipinski definition) is 5. The first-order valence-corrected chi connectivity index (χ1v) is 12.3. The number of carbonyl (C=O) groups is 1. The van der Waals surface area contributed by atoms with Gasteiger partial charge in [-0.2, -0.15) is 13.2 Å². The largest absolute Gasteiger partial charge is 0.487 e. The molecule has 1 aliphatic rings. The molecule has 1 aliphatic heterocycles. The summed E-state index contributed by atoms with van der Waals surface area (Å²) >= 11 is 0. The van der Waals surface area contributed by atoms with Crippen molar-refractivity contribution in [2.75, 3.05) is 5.32 Å². The van der Waals surface area contributed by atoms with Gasteiger partial charge in [-0.05, 0) is 54.8 Å². The predicted molar refractivity (Wildman–Crippen MR) is 136 cm³/mol. The van der Waals surface area contributed by atoms with E-state index in [1.807, 2.05) is 30.3 Å². The van der Waals surface area contributed by atoms with Gasteiger partial charge in [0.1, 0.15) is 24.2 Å². The van der Waals surface area contributed by atoms with E-state index < -0.39 is 47.2 Å². The fraction of sp³-hybridized carbons (Fsp3) is 0.207. The predicted octanol–water partition coefficient (Wildman–Crippen LogP) is 6.55. The molecule has 2 atom stereocenters. The summed E-state index contributed by atoms with van der Waals surface area (Å²) in [4.78, 5) is 22.9. The van der Waals surface area contributed by atoms with Crippen molar-refractivity contribution in [3.63, 3.8) is 0 Å². The average molecular weight is 555 g/mol. The molecule has 11 heteroatoms. The van der Waals surface area contributed by atoms with Crippen molar-refractivity contribution < 1.29 is 31.5 Å². The van der Waals surface area contributed by atoms with Crippen LogP contribution in [0.3, 0.4) is 0 Å². The van der Waals surface area contributed by atoms with Crippen LogP contribution in [-0.2, 0) is 19.2 Å². The lowest BCUT2D eigenvalue weighted by molar-refractivity contribution is -0.141. The second-order valence-electron chi connectivity index (χ2n) is 9.30. The average Bonchev–Trinajstić information content (AvgIpc) is 2.93. The minimum absolute atomic E-state index is 0.0190. The lowest BCUT2D eigenvalue weighted by Gasteiger charge is -2.42. The molecule has 3 heterocycles. The molecule has 5 rings (SSSR count). The van der Waals surface area contributed by atoms with Crippen LogP contribution in [0.25, 0.3) is 0 Å². The number of aromatic nitrogens is 2. The van der Waals surface area contributed by atoms with E-state index in [2.05, 4.69) is 15.3 Å². The van der Waals surface area contributed by atoms with E-state index in [4.69, 9.17) is 4.74 Å². The molecule has 1 N–H and O–H groups in total. The summed E-state index contributed by atoms with van der Waals surface area (Å²) in [5, 5.41) is 3.02. The first kappa shape index (κ1) is 27.0. The first-order valence-electron chi connectivity index (χ1n) is 12.3. The van der Waals surface area contributed by atoms with Gasteiger partial charge in [-0.1, -0.05) is 36.4 Å². The number of benzene rings is 2. The number of alkyl halides is 3. The van der Waals surface area contributed by atoms with E-state index in [1.54, 1.807) is 19.1 Å². The number of amides is 1. The number of pyridine rings is 2. The zero-order valence-electron chi connectivity index (χ0n) is 21.1. The summed E-state index contributed by atoms with van der Waals surface area (Å²) in [7, 11) is 0. The zero-order chi connectivity index (χ0) is 28.4. The van der Waals surface area contributed by atoms with Gasteiger partial charge in [0.25, 0.3) is 5.91 Å². The van der Waals surface area contributed by atoms with Crippen molar-refractivity contribution in [1.82, 2.24) is 14.9 Å². The molecule has 0 aliphatic carbocycles. The molecule has 0 saturated heterocycles. The summed E-state index contributed by atoms with van der Waals surface area (Å²) in [6.45, 7) is 1.79. The standard InChI is InChI=1S/C29H23F5N4O2/c1-17(14-19-9-10-20(30)21(31)15-19)38-27(37-22-11-13-36-26(29(32,33)34)24(22)28(38)39)25-23(8-5-12-35-25)40-16-18-6-3-2-4-7-18/h2-13,15,17,27,37H,14,16H2,1H3. The number of fused-ring (bicyclic) bond motifs is 1. The highest BCUT2D eigenvalue weighted by Gasteiger charge is 2.45. The normalized spacial score (nSPS) is 15.8. The molecular formula is C29H23F5N4O2. The van der Waals surface area contributed by atoms with E-state index in [-0.39, 0.29) is 24.4 Å². The van der Waals surface area contributed by atoms with E-state index in [0.717, 1.165) is 23.9 Å². The number of carbonyl (C=O) groups excluding carboxylic acids is 1. The monoisotopic (exact) mass is 554 g/mol. The van der Waals surface area contributed by atoms with E-state index in [0.29, 0.717) is 11.3 Å². The van der Waals surface area contributed by atoms with Gasteiger partial charge in [-0.15, -0.1) is 0 Å². The maximum Gasteiger partial charge on any atom is 0.434 e. The molecule has 0 bridgehead atoms. The van der Waals surface area contributed by atoms with Crippen LogP contribution in [0.15, 0.2) is 79.1 Å². The Kier molecular flexibility index (Phi) is 7.38. The molecule has 1 amide bonds. The van der Waals surface area contributed by atoms with Gasteiger partial charge in [0.15, 0.2) is 17.3 Å². The second kappa shape index (κ2) is 10.9. The second-order valence-corrected chi connectivity index (χ2v) is 9.30. The molecule has 0 radical (unpaired) electrons. The summed E-state index contributed by atoms with van der Waals surface area (Å²) in [5.41, 5.74) is -0.529. The van der Waals surface area contributed by atoms with Crippen LogP contribution in [0, 0.1) is 11.6 Å². The summed E-state index contributed by atoms with van der Waals surface area (Å²) in [5.74, 6) is -2.72. The Morgan fingerprint density at radius 3 is 2.45 bits per heavy atom. The Morgan fingerprint density at radius 2 is 1.73 bits per heavy atom. The molecule has 2 unspecified atom stereocenters. The van der Waals surface area contributed by atoms with Gasteiger partial charge in [0.2, 0.25) is 0 Å². The summed E-state index contributed by atoms with van der Waals surface area (Å²) < 4.78 is 75.1. The van der Waals surface area contributed by atoms with Crippen LogP contribution < -0.4 is 10.1 Å². The summed E-state index contributed by atoms with van der Waals surface area (Å²) in [6, 6.07) is 16.4. The zero-order valence-corrected chi connectivity index (χ0v) is 21.1. The highest BCUT2D eigenvalue weighted by Crippen LogP contribution is 2.42. The fourth-order valence-electron chi connectivity index (χ4n) is 4.70. The van der Waals surface area contributed by atoms with Crippen molar-refractivity contribution in [3.05, 3.63) is 119 Å². The highest BCUT2D eigenvalue weighted by atomic mass is 19.4. The van der Waals surface area contributed by atoms with Crippen LogP contribution in [0.5, 0.6) is 5.75 Å². The molecule has 0 saturated carbocycles. The number of anilines is 1. The lowest BCUT2D eigenvalue weighted by atomic mass is 9.99. The minimum atomic E-state index is -4.89. The third-order valence-electron chi connectivity index (χ3n) is 6.52. The van der Waals surface area contributed by atoms with Crippen molar-refractivity contribution >= 4 is 11.6 Å². The number of nitrogens with zero attached hydrogens (tertiary/aromatic N) is 3. The van der Waals surface area contributed by atoms with Crippen LogP contribution in [-0.4, -0.2) is 26.8 Å². The molecule has 0 fully saturated rings. The topological polar surface area (TPSA) is 67.4 Å². The smallest absolute Gasteiger partial charge is 0.434 e. The maximum absolute atomic E-state index is 13.9. The van der Waals surface area contributed by atoms with Crippen molar-refractivity contribution in [2.45, 2.75) is 38.3 Å². The fourth-order valence-corrected chi connectivity index (χ4v) is 4.70. The first-order chi connectivity index (χ1) is 19.1. The third kappa shape index (κ3) is 5.45. The Hall–Kier alpha value is -4.54. The SMILES string of the molecule is CC(Cc1ccc(F)c(F)c1)N1C(=O)c2c(ccnc2C(F)(F)F)NC1c1ncccc1OCc1ccccc1. The molecule has 206 valence electrons. The van der Waals surface area contributed by atoms with Crippen molar-refractivity contribution in [1.29, 1.82) is 0 Å². The van der Waals surface area contributed by atoms with Crippen molar-refractivity contribution in [2.24, 2.45) is 0 Å². The van der Waals surface area contributed by atoms with Gasteiger partial charge < -0.3 is 15.0 Å². The Morgan fingerprint density at radius 1 is 0.950 bits per heavy atom. The number of hydrogen-bond donors (Lipinski definition) is 1. The molecule has 40 heavy (non-hydrogen) atoms. The number of nitrogens with one attached hydrogen (secondary N) is 1. The Labute approximate surface area is 226 Å². The number of ether oxygens (including phenoxy) is 1. The maximum atomic E-state index is 13.9. The molecule has 0 spiro atoms. The summed E-state index contributed by atoms with van der Waals surface area (Å²) in [6.07, 6.45) is -3.45. The van der Waals surface area contributed by atoms with Gasteiger partial charge in [-0.25, -0.2) is 8.78 Å². The van der Waals surface area contributed by atoms with Crippen LogP contribution in [0.4, 0.5) is 27.6 Å². The quantitative estimate of drug-likeness (QED) is 0.263. The molecule has 2 aromatic carbocycles. The van der Waals surface area contributed by atoms with Gasteiger partial charge in [-0.3, -0.25) is 14.8 Å². The van der Waals surface area contributed by atoms with Crippen LogP contribution in [0.1, 0.15) is 46.0 Å². The van der Waals surface area contributed by atoms with Crippen molar-refractivity contribution in [3.8, 4) is 5.75 Å². The minimum Gasteiger partial charge on any atom is -0.487 e. The van der Waals surface area contributed by atoms with Gasteiger partial charge in [0, 0.05) is 18.4 Å². The third-order valence-corrected chi connectivity index (χ3v) is 6.52. The highest BCUT2D eigenvalue weighted by molar-refractivity contribution is 6.03. The molecular weight excluding hydrogens is 531 g/mol. The van der Waals surface area contributed by atoms with E-state index in [9.17, 15) is 26.7 Å². The Balaban J connectivity index is 1.56. The van der Waals surface area contributed by atoms with Crippen LogP contribution in [0.2, 0.25) is 0 Å². The molecule has 4 aromatic rings. The lowest BCUT2D eigenvalue weighted by Crippen LogP contribution is -2.49. The molecule has 2 aromatic heterocycles. The number of rotatable bonds is 7. The van der Waals surface area contributed by atoms with Gasteiger partial charge >= 0.3 is 6.18 Å². The van der Waals surface area contributed by atoms with E-state index >= 15 is 0 Å². The molecule has 6 nitrogen and oxygen atoms in total. The van der Waals surface area contributed by atoms with E-state index in [1.165, 1.54) is 23.2 Å². The van der Waals surface area contributed by atoms with Gasteiger partial charge in [0.05, 0.1) is 11.3 Å². The number of halogens is 5. The Bertz CT molecular complexity index is 1530. The van der Waals surface area contributed by atoms with Crippen LogP contribution >= 0.6 is 0 Å².